The lowest BCUT2D eigenvalue weighted by Gasteiger charge is -2.37. The minimum absolute atomic E-state index is 0.118. The van der Waals surface area contributed by atoms with E-state index in [2.05, 4.69) is 23.0 Å². The Labute approximate surface area is 208 Å². The Morgan fingerprint density at radius 3 is 2.37 bits per heavy atom. The van der Waals surface area contributed by atoms with Gasteiger partial charge in [-0.2, -0.15) is 0 Å². The molecule has 1 aliphatic heterocycles. The molecule has 2 heterocycles. The third-order valence-corrected chi connectivity index (χ3v) is 9.23. The van der Waals surface area contributed by atoms with Crippen molar-refractivity contribution in [2.24, 2.45) is 11.8 Å². The summed E-state index contributed by atoms with van der Waals surface area (Å²) < 4.78 is 29.2. The van der Waals surface area contributed by atoms with Crippen molar-refractivity contribution in [3.05, 3.63) is 48.2 Å². The molecule has 188 valence electrons. The van der Waals surface area contributed by atoms with Crippen LogP contribution in [0.3, 0.4) is 0 Å². The molecule has 0 N–H and O–H groups in total. The zero-order valence-electron chi connectivity index (χ0n) is 20.6. The molecular weight excluding hydrogens is 462 g/mol. The van der Waals surface area contributed by atoms with Gasteiger partial charge in [-0.05, 0) is 81.2 Å². The lowest BCUT2D eigenvalue weighted by molar-refractivity contribution is 0.0265. The predicted molar refractivity (Wildman–Crippen MR) is 135 cm³/mol. The zero-order valence-corrected chi connectivity index (χ0v) is 21.4. The van der Waals surface area contributed by atoms with E-state index < -0.39 is 9.84 Å². The normalized spacial score (nSPS) is 24.8. The first-order valence-corrected chi connectivity index (χ1v) is 14.6. The minimum atomic E-state index is -3.20. The van der Waals surface area contributed by atoms with Crippen LogP contribution in [0, 0.1) is 11.8 Å². The van der Waals surface area contributed by atoms with Crippen LogP contribution < -0.4 is 0 Å². The second kappa shape index (κ2) is 9.90. The van der Waals surface area contributed by atoms with E-state index in [1.165, 1.54) is 25.5 Å². The van der Waals surface area contributed by atoms with Crippen molar-refractivity contribution in [3.8, 4) is 11.3 Å². The Kier molecular flexibility index (Phi) is 6.86. The molecule has 0 spiro atoms. The molecule has 3 fully saturated rings. The van der Waals surface area contributed by atoms with E-state index in [0.29, 0.717) is 16.9 Å². The van der Waals surface area contributed by atoms with Crippen LogP contribution >= 0.6 is 0 Å². The van der Waals surface area contributed by atoms with Crippen LogP contribution in [-0.4, -0.2) is 67.8 Å². The van der Waals surface area contributed by atoms with E-state index in [4.69, 9.17) is 4.74 Å². The first kappa shape index (κ1) is 24.3. The van der Waals surface area contributed by atoms with Crippen LogP contribution in [0.2, 0.25) is 0 Å². The van der Waals surface area contributed by atoms with E-state index in [9.17, 15) is 13.2 Å². The number of benzene rings is 1. The van der Waals surface area contributed by atoms with Gasteiger partial charge in [0.15, 0.2) is 9.84 Å². The number of hydrogen-bond acceptors (Lipinski definition) is 6. The topological polar surface area (TPSA) is 79.8 Å². The van der Waals surface area contributed by atoms with Crippen molar-refractivity contribution in [1.29, 1.82) is 0 Å². The second-order valence-electron chi connectivity index (χ2n) is 10.6. The average Bonchev–Trinajstić information content (AvgIpc) is 3.48. The summed E-state index contributed by atoms with van der Waals surface area (Å²) >= 11 is 0. The summed E-state index contributed by atoms with van der Waals surface area (Å²) in [5, 5.41) is 0. The molecule has 3 aliphatic rings. The molecule has 1 aromatic carbocycles. The zero-order chi connectivity index (χ0) is 24.6. The number of aromatic nitrogens is 1. The average molecular weight is 498 g/mol. The molecular formula is C27H35N3O4S. The lowest BCUT2D eigenvalue weighted by Crippen LogP contribution is -2.46. The number of rotatable bonds is 6. The lowest BCUT2D eigenvalue weighted by atomic mass is 9.98. The van der Waals surface area contributed by atoms with E-state index in [1.54, 1.807) is 24.3 Å². The Hall–Kier alpha value is -2.45. The summed E-state index contributed by atoms with van der Waals surface area (Å²) in [5.41, 5.74) is 2.84. The van der Waals surface area contributed by atoms with Crippen LogP contribution in [0.25, 0.3) is 11.3 Å². The van der Waals surface area contributed by atoms with Crippen LogP contribution in [-0.2, 0) is 21.1 Å². The number of nitrogens with zero attached hydrogens (tertiary/aromatic N) is 3. The Morgan fingerprint density at radius 2 is 1.80 bits per heavy atom. The molecule has 1 amide bonds. The molecule has 2 aliphatic carbocycles. The van der Waals surface area contributed by atoms with E-state index >= 15 is 0 Å². The van der Waals surface area contributed by atoms with E-state index in [1.807, 2.05) is 17.2 Å². The third-order valence-electron chi connectivity index (χ3n) is 8.11. The van der Waals surface area contributed by atoms with Crippen molar-refractivity contribution in [2.75, 3.05) is 26.4 Å². The van der Waals surface area contributed by atoms with Crippen molar-refractivity contribution < 1.29 is 17.9 Å². The summed E-state index contributed by atoms with van der Waals surface area (Å²) in [6.45, 7) is 2.28. The van der Waals surface area contributed by atoms with Gasteiger partial charge in [-0.15, -0.1) is 0 Å². The Morgan fingerprint density at radius 1 is 1.06 bits per heavy atom. The van der Waals surface area contributed by atoms with Gasteiger partial charge in [0.05, 0.1) is 10.6 Å². The van der Waals surface area contributed by atoms with Crippen molar-refractivity contribution in [2.45, 2.75) is 62.1 Å². The molecule has 0 radical (unpaired) electrons. The molecule has 5 rings (SSSR count). The maximum absolute atomic E-state index is 12.7. The van der Waals surface area contributed by atoms with Crippen molar-refractivity contribution >= 4 is 15.9 Å². The number of piperidine rings is 1. The van der Waals surface area contributed by atoms with Crippen molar-refractivity contribution in [1.82, 2.24) is 14.8 Å². The summed E-state index contributed by atoms with van der Waals surface area (Å²) in [6, 6.07) is 11.3. The van der Waals surface area contributed by atoms with Gasteiger partial charge in [-0.3, -0.25) is 9.88 Å². The number of hydrogen-bond donors (Lipinski definition) is 0. The first-order chi connectivity index (χ1) is 16.8. The van der Waals surface area contributed by atoms with Gasteiger partial charge in [0, 0.05) is 43.7 Å². The Bertz CT molecular complexity index is 1140. The number of pyridine rings is 1. The smallest absolute Gasteiger partial charge is 0.410 e. The maximum Gasteiger partial charge on any atom is 0.410 e. The summed E-state index contributed by atoms with van der Waals surface area (Å²) in [4.78, 5) is 21.8. The molecule has 35 heavy (non-hydrogen) atoms. The van der Waals surface area contributed by atoms with Gasteiger partial charge in [0.1, 0.15) is 6.10 Å². The summed E-state index contributed by atoms with van der Waals surface area (Å²) in [6.07, 6.45) is 9.86. The molecule has 0 unspecified atom stereocenters. The van der Waals surface area contributed by atoms with Crippen LogP contribution in [0.1, 0.15) is 44.1 Å². The summed E-state index contributed by atoms with van der Waals surface area (Å²) in [5.74, 6) is 1.38. The number of amides is 1. The van der Waals surface area contributed by atoms with Crippen LogP contribution in [0.15, 0.2) is 47.5 Å². The quantitative estimate of drug-likeness (QED) is 0.590. The van der Waals surface area contributed by atoms with E-state index in [-0.39, 0.29) is 12.2 Å². The highest BCUT2D eigenvalue weighted by Crippen LogP contribution is 2.46. The highest BCUT2D eigenvalue weighted by molar-refractivity contribution is 7.90. The molecule has 2 bridgehead atoms. The highest BCUT2D eigenvalue weighted by Gasteiger charge is 2.42. The summed E-state index contributed by atoms with van der Waals surface area (Å²) in [7, 11) is -1.07. The maximum atomic E-state index is 12.7. The van der Waals surface area contributed by atoms with Gasteiger partial charge in [0.2, 0.25) is 0 Å². The van der Waals surface area contributed by atoms with Crippen molar-refractivity contribution in [3.63, 3.8) is 0 Å². The van der Waals surface area contributed by atoms with Gasteiger partial charge in [-0.1, -0.05) is 18.2 Å². The molecule has 3 atom stereocenters. The molecule has 2 saturated carbocycles. The predicted octanol–water partition coefficient (Wildman–Crippen LogP) is 4.37. The van der Waals surface area contributed by atoms with Gasteiger partial charge in [-0.25, -0.2) is 13.2 Å². The largest absolute Gasteiger partial charge is 0.446 e. The molecule has 8 heteroatoms. The SMILES string of the molecule is CN(Cc1ccc(-c2ccc(S(C)(=O)=O)cc2)nc1)C1CCN(C(=O)O[C@@H]2C[C@@H]3CC[C@H]2C3)CC1. The van der Waals surface area contributed by atoms with Crippen LogP contribution in [0.5, 0.6) is 0 Å². The molecule has 1 aromatic heterocycles. The number of sulfone groups is 1. The number of likely N-dealkylation sites (tertiary alicyclic amines) is 1. The monoisotopic (exact) mass is 497 g/mol. The minimum Gasteiger partial charge on any atom is -0.446 e. The van der Waals surface area contributed by atoms with Gasteiger partial charge < -0.3 is 9.64 Å². The standard InChI is InChI=1S/C27H35N3O4S/c1-29(18-20-4-10-25(28-17-20)21-6-8-24(9-7-21)35(2,32)33)23-11-13-30(14-12-23)27(31)34-26-16-19-3-5-22(26)15-19/h4,6-10,17,19,22-23,26H,3,5,11-16,18H2,1-2H3/t19-,22+,26-/m1/s1. The fourth-order valence-electron chi connectivity index (χ4n) is 6.00. The molecule has 7 nitrogen and oxygen atoms in total. The number of carbonyl (C=O) groups is 1. The molecule has 1 saturated heterocycles. The first-order valence-electron chi connectivity index (χ1n) is 12.7. The third kappa shape index (κ3) is 5.54. The number of fused-ring (bicyclic) bond motifs is 2. The second-order valence-corrected chi connectivity index (χ2v) is 12.6. The highest BCUT2D eigenvalue weighted by atomic mass is 32.2. The van der Waals surface area contributed by atoms with Gasteiger partial charge >= 0.3 is 6.09 Å². The van der Waals surface area contributed by atoms with Crippen LogP contribution in [0.4, 0.5) is 4.79 Å². The molecule has 2 aromatic rings. The Balaban J connectivity index is 1.10. The van der Waals surface area contributed by atoms with Gasteiger partial charge in [0.25, 0.3) is 0 Å². The number of carbonyl (C=O) groups excluding carboxylic acids is 1. The van der Waals surface area contributed by atoms with E-state index in [0.717, 1.165) is 61.6 Å². The fraction of sp³-hybridized carbons (Fsp3) is 0.556. The number of ether oxygens (including phenoxy) is 1. The fourth-order valence-corrected chi connectivity index (χ4v) is 6.63.